The standard InChI is InChI=1S/C16H23NO/c1-2-3-10-18-11-9-17-13-14-5-4-6-16(12-14)15-7-8-15/h2,4-6,12,15,17H,1,3,7-11,13H2. The summed E-state index contributed by atoms with van der Waals surface area (Å²) in [5, 5.41) is 3.41. The van der Waals surface area contributed by atoms with Gasteiger partial charge >= 0.3 is 0 Å². The van der Waals surface area contributed by atoms with E-state index in [1.165, 1.54) is 24.0 Å². The van der Waals surface area contributed by atoms with Crippen LogP contribution in [0.3, 0.4) is 0 Å². The highest BCUT2D eigenvalue weighted by Gasteiger charge is 2.23. The van der Waals surface area contributed by atoms with Crippen molar-refractivity contribution in [3.8, 4) is 0 Å². The maximum Gasteiger partial charge on any atom is 0.0591 e. The van der Waals surface area contributed by atoms with Crippen molar-refractivity contribution in [1.82, 2.24) is 5.32 Å². The number of hydrogen-bond donors (Lipinski definition) is 1. The fourth-order valence-electron chi connectivity index (χ4n) is 2.02. The van der Waals surface area contributed by atoms with E-state index in [0.717, 1.165) is 38.6 Å². The lowest BCUT2D eigenvalue weighted by molar-refractivity contribution is 0.140. The van der Waals surface area contributed by atoms with Crippen molar-refractivity contribution in [2.75, 3.05) is 19.8 Å². The first-order valence-corrected chi connectivity index (χ1v) is 6.88. The monoisotopic (exact) mass is 245 g/mol. The zero-order valence-corrected chi connectivity index (χ0v) is 11.0. The maximum absolute atomic E-state index is 5.45. The fourth-order valence-corrected chi connectivity index (χ4v) is 2.02. The molecule has 1 N–H and O–H groups in total. The molecule has 0 aliphatic heterocycles. The van der Waals surface area contributed by atoms with Gasteiger partial charge in [-0.25, -0.2) is 0 Å². The van der Waals surface area contributed by atoms with E-state index in [0.29, 0.717) is 0 Å². The predicted octanol–water partition coefficient (Wildman–Crippen LogP) is 3.25. The van der Waals surface area contributed by atoms with E-state index >= 15 is 0 Å². The van der Waals surface area contributed by atoms with Crippen LogP contribution in [0.5, 0.6) is 0 Å². The van der Waals surface area contributed by atoms with Gasteiger partial charge in [0.2, 0.25) is 0 Å². The third-order valence-electron chi connectivity index (χ3n) is 3.22. The van der Waals surface area contributed by atoms with Gasteiger partial charge in [-0.05, 0) is 36.3 Å². The van der Waals surface area contributed by atoms with Gasteiger partial charge in [-0.3, -0.25) is 0 Å². The highest BCUT2D eigenvalue weighted by Crippen LogP contribution is 2.40. The molecule has 1 aromatic carbocycles. The summed E-state index contributed by atoms with van der Waals surface area (Å²) < 4.78 is 5.45. The van der Waals surface area contributed by atoms with Gasteiger partial charge in [-0.2, -0.15) is 0 Å². The number of nitrogens with one attached hydrogen (secondary N) is 1. The Balaban J connectivity index is 1.61. The van der Waals surface area contributed by atoms with Crippen LogP contribution in [0.25, 0.3) is 0 Å². The predicted molar refractivity (Wildman–Crippen MR) is 75.8 cm³/mol. The zero-order valence-electron chi connectivity index (χ0n) is 11.0. The van der Waals surface area contributed by atoms with Gasteiger partial charge in [0.25, 0.3) is 0 Å². The van der Waals surface area contributed by atoms with Gasteiger partial charge in [-0.15, -0.1) is 6.58 Å². The van der Waals surface area contributed by atoms with Gasteiger partial charge in [0, 0.05) is 13.1 Å². The third-order valence-corrected chi connectivity index (χ3v) is 3.22. The van der Waals surface area contributed by atoms with Gasteiger partial charge < -0.3 is 10.1 Å². The van der Waals surface area contributed by atoms with Crippen molar-refractivity contribution < 1.29 is 4.74 Å². The van der Waals surface area contributed by atoms with Crippen LogP contribution in [0, 0.1) is 0 Å². The summed E-state index contributed by atoms with van der Waals surface area (Å²) in [5.74, 6) is 0.840. The van der Waals surface area contributed by atoms with Crippen LogP contribution in [0.2, 0.25) is 0 Å². The molecule has 0 heterocycles. The molecule has 1 aliphatic rings. The minimum absolute atomic E-state index is 0.774. The van der Waals surface area contributed by atoms with Crippen LogP contribution in [0.4, 0.5) is 0 Å². The first-order chi connectivity index (χ1) is 8.90. The van der Waals surface area contributed by atoms with Crippen molar-refractivity contribution in [2.24, 2.45) is 0 Å². The average Bonchev–Trinajstić information content (AvgIpc) is 3.22. The van der Waals surface area contributed by atoms with Gasteiger partial charge in [0.15, 0.2) is 0 Å². The number of ether oxygens (including phenoxy) is 1. The molecular formula is C16H23NO. The van der Waals surface area contributed by atoms with E-state index in [-0.39, 0.29) is 0 Å². The lowest BCUT2D eigenvalue weighted by atomic mass is 10.1. The molecule has 0 radical (unpaired) electrons. The molecule has 1 saturated carbocycles. The summed E-state index contributed by atoms with van der Waals surface area (Å²) in [6, 6.07) is 8.95. The summed E-state index contributed by atoms with van der Waals surface area (Å²) in [7, 11) is 0. The Labute approximate surface area is 110 Å². The van der Waals surface area contributed by atoms with E-state index in [9.17, 15) is 0 Å². The van der Waals surface area contributed by atoms with Crippen LogP contribution < -0.4 is 5.32 Å². The van der Waals surface area contributed by atoms with Crippen molar-refractivity contribution in [1.29, 1.82) is 0 Å². The number of hydrogen-bond acceptors (Lipinski definition) is 2. The van der Waals surface area contributed by atoms with E-state index < -0.39 is 0 Å². The molecule has 2 nitrogen and oxygen atoms in total. The number of benzene rings is 1. The smallest absolute Gasteiger partial charge is 0.0591 e. The van der Waals surface area contributed by atoms with Crippen molar-refractivity contribution in [2.45, 2.75) is 31.7 Å². The molecule has 0 atom stereocenters. The summed E-state index contributed by atoms with van der Waals surface area (Å²) in [5.41, 5.74) is 2.89. The molecule has 0 aromatic heterocycles. The summed E-state index contributed by atoms with van der Waals surface area (Å²) in [4.78, 5) is 0. The van der Waals surface area contributed by atoms with Crippen LogP contribution in [0.15, 0.2) is 36.9 Å². The number of rotatable bonds is 9. The van der Waals surface area contributed by atoms with Crippen molar-refractivity contribution >= 4 is 0 Å². The molecule has 1 aliphatic carbocycles. The topological polar surface area (TPSA) is 21.3 Å². The average molecular weight is 245 g/mol. The first-order valence-electron chi connectivity index (χ1n) is 6.88. The minimum atomic E-state index is 0.774. The Morgan fingerprint density at radius 1 is 1.33 bits per heavy atom. The minimum Gasteiger partial charge on any atom is -0.380 e. The SMILES string of the molecule is C=CCCOCCNCc1cccc(C2CC2)c1. The lowest BCUT2D eigenvalue weighted by Crippen LogP contribution is -2.19. The molecule has 2 rings (SSSR count). The molecule has 0 bridgehead atoms. The van der Waals surface area contributed by atoms with E-state index in [2.05, 4.69) is 36.2 Å². The molecule has 0 spiro atoms. The maximum atomic E-state index is 5.45. The second-order valence-electron chi connectivity index (χ2n) is 4.89. The fraction of sp³-hybridized carbons (Fsp3) is 0.500. The Morgan fingerprint density at radius 2 is 2.22 bits per heavy atom. The van der Waals surface area contributed by atoms with E-state index in [4.69, 9.17) is 4.74 Å². The molecule has 0 amide bonds. The molecule has 0 saturated heterocycles. The normalized spacial score (nSPS) is 14.7. The second-order valence-corrected chi connectivity index (χ2v) is 4.89. The highest BCUT2D eigenvalue weighted by atomic mass is 16.5. The van der Waals surface area contributed by atoms with Crippen molar-refractivity contribution in [3.63, 3.8) is 0 Å². The van der Waals surface area contributed by atoms with E-state index in [1.807, 2.05) is 6.08 Å². The summed E-state index contributed by atoms with van der Waals surface area (Å²) >= 11 is 0. The Morgan fingerprint density at radius 3 is 3.00 bits per heavy atom. The molecule has 0 unspecified atom stereocenters. The van der Waals surface area contributed by atoms with Crippen LogP contribution >= 0.6 is 0 Å². The van der Waals surface area contributed by atoms with E-state index in [1.54, 1.807) is 0 Å². The molecule has 18 heavy (non-hydrogen) atoms. The zero-order chi connectivity index (χ0) is 12.6. The first kappa shape index (κ1) is 13.3. The largest absolute Gasteiger partial charge is 0.380 e. The van der Waals surface area contributed by atoms with Gasteiger partial charge in [0.1, 0.15) is 0 Å². The van der Waals surface area contributed by atoms with Gasteiger partial charge in [-0.1, -0.05) is 30.3 Å². The Hall–Kier alpha value is -1.12. The van der Waals surface area contributed by atoms with Crippen LogP contribution in [0.1, 0.15) is 36.3 Å². The second kappa shape index (κ2) is 7.34. The summed E-state index contributed by atoms with van der Waals surface area (Å²) in [6.45, 7) is 7.06. The highest BCUT2D eigenvalue weighted by molar-refractivity contribution is 5.29. The quantitative estimate of drug-likeness (QED) is 0.532. The molecular weight excluding hydrogens is 222 g/mol. The summed E-state index contributed by atoms with van der Waals surface area (Å²) in [6.07, 6.45) is 5.56. The molecule has 1 fully saturated rings. The van der Waals surface area contributed by atoms with Gasteiger partial charge in [0.05, 0.1) is 13.2 Å². The lowest BCUT2D eigenvalue weighted by Gasteiger charge is -2.07. The Bertz CT molecular complexity index is 371. The molecule has 98 valence electrons. The van der Waals surface area contributed by atoms with Crippen LogP contribution in [-0.4, -0.2) is 19.8 Å². The Kier molecular flexibility index (Phi) is 5.43. The molecule has 1 aromatic rings. The van der Waals surface area contributed by atoms with Crippen LogP contribution in [-0.2, 0) is 11.3 Å². The van der Waals surface area contributed by atoms with Crippen molar-refractivity contribution in [3.05, 3.63) is 48.0 Å². The third kappa shape index (κ3) is 4.63. The molecule has 2 heteroatoms.